The van der Waals surface area contributed by atoms with Gasteiger partial charge in [0, 0.05) is 18.7 Å². The van der Waals surface area contributed by atoms with Gasteiger partial charge in [-0.3, -0.25) is 20.2 Å². The van der Waals surface area contributed by atoms with Crippen molar-refractivity contribution < 1.29 is 19.7 Å². The van der Waals surface area contributed by atoms with Crippen LogP contribution in [0.3, 0.4) is 0 Å². The first kappa shape index (κ1) is 13.7. The van der Waals surface area contributed by atoms with Gasteiger partial charge in [-0.15, -0.1) is 0 Å². The minimum absolute atomic E-state index is 0.229. The fourth-order valence-electron chi connectivity index (χ4n) is 2.40. The number of rotatable bonds is 4. The lowest BCUT2D eigenvalue weighted by Crippen LogP contribution is -2.36. The second-order valence-electron chi connectivity index (χ2n) is 4.35. The number of para-hydroxylation sites is 1. The average molecular weight is 281 g/mol. The number of nitro benzene ring substituents is 2. The van der Waals surface area contributed by atoms with Crippen molar-refractivity contribution in [2.24, 2.45) is 0 Å². The maximum absolute atomic E-state index is 11.2. The van der Waals surface area contributed by atoms with Crippen LogP contribution in [0, 0.1) is 20.2 Å². The fraction of sp³-hybridized carbons (Fsp3) is 0.364. The van der Waals surface area contributed by atoms with Crippen LogP contribution in [0.2, 0.25) is 0 Å². The number of benzene rings is 1. The van der Waals surface area contributed by atoms with Gasteiger partial charge in [0.05, 0.1) is 9.85 Å². The van der Waals surface area contributed by atoms with Crippen LogP contribution >= 0.6 is 0 Å². The maximum atomic E-state index is 11.2. The molecule has 1 heterocycles. The molecule has 0 aliphatic carbocycles. The Bertz CT molecular complexity index is 555. The Morgan fingerprint density at radius 3 is 2.25 bits per heavy atom. The number of carboxylic acid groups (broad SMARTS) is 1. The van der Waals surface area contributed by atoms with Gasteiger partial charge < -0.3 is 10.0 Å². The monoisotopic (exact) mass is 281 g/mol. The molecule has 0 unspecified atom stereocenters. The molecule has 0 spiro atoms. The number of anilines is 1. The van der Waals surface area contributed by atoms with Gasteiger partial charge in [0.25, 0.3) is 11.4 Å². The first-order chi connectivity index (χ1) is 9.43. The molecule has 1 aromatic rings. The lowest BCUT2D eigenvalue weighted by atomic mass is 10.1. The molecule has 0 bridgehead atoms. The van der Waals surface area contributed by atoms with Crippen LogP contribution in [-0.4, -0.2) is 33.5 Å². The zero-order chi connectivity index (χ0) is 14.9. The topological polar surface area (TPSA) is 127 Å². The summed E-state index contributed by atoms with van der Waals surface area (Å²) < 4.78 is 0. The predicted octanol–water partition coefficient (Wildman–Crippen LogP) is 1.56. The summed E-state index contributed by atoms with van der Waals surface area (Å²) >= 11 is 0. The SMILES string of the molecule is O=C(O)[C@@H]1CCCN1c1c([N+](=O)[O-])cccc1[N+](=O)[O-]. The van der Waals surface area contributed by atoms with E-state index < -0.39 is 33.2 Å². The molecule has 9 heteroatoms. The minimum Gasteiger partial charge on any atom is -0.480 e. The van der Waals surface area contributed by atoms with Gasteiger partial charge >= 0.3 is 5.97 Å². The molecule has 0 saturated carbocycles. The summed E-state index contributed by atoms with van der Waals surface area (Å²) in [7, 11) is 0. The van der Waals surface area contributed by atoms with Crippen LogP contribution in [0.4, 0.5) is 17.1 Å². The third-order valence-corrected chi connectivity index (χ3v) is 3.21. The van der Waals surface area contributed by atoms with Crippen LogP contribution in [0.25, 0.3) is 0 Å². The largest absolute Gasteiger partial charge is 0.480 e. The third kappa shape index (κ3) is 2.25. The first-order valence-corrected chi connectivity index (χ1v) is 5.84. The van der Waals surface area contributed by atoms with E-state index in [-0.39, 0.29) is 12.2 Å². The van der Waals surface area contributed by atoms with Crippen molar-refractivity contribution in [3.8, 4) is 0 Å². The molecule has 1 aliphatic rings. The number of hydrogen-bond acceptors (Lipinski definition) is 6. The van der Waals surface area contributed by atoms with E-state index in [1.807, 2.05) is 0 Å². The molecule has 1 N–H and O–H groups in total. The summed E-state index contributed by atoms with van der Waals surface area (Å²) in [5.74, 6) is -1.14. The molecular weight excluding hydrogens is 270 g/mol. The van der Waals surface area contributed by atoms with Crippen molar-refractivity contribution in [3.05, 3.63) is 38.4 Å². The number of nitro groups is 2. The zero-order valence-corrected chi connectivity index (χ0v) is 10.3. The molecule has 1 saturated heterocycles. The van der Waals surface area contributed by atoms with Gasteiger partial charge in [0.1, 0.15) is 6.04 Å². The standard InChI is InChI=1S/C11H11N3O6/c15-11(16)9-5-2-6-12(9)10-7(13(17)18)3-1-4-8(10)14(19)20/h1,3-4,9H,2,5-6H2,(H,15,16)/t9-/m0/s1. The van der Waals surface area contributed by atoms with Crippen molar-refractivity contribution in [2.75, 3.05) is 11.4 Å². The Kier molecular flexibility index (Phi) is 3.51. The Morgan fingerprint density at radius 1 is 1.25 bits per heavy atom. The van der Waals surface area contributed by atoms with E-state index in [0.29, 0.717) is 12.8 Å². The normalized spacial score (nSPS) is 18.0. The molecule has 0 radical (unpaired) electrons. The Labute approximate surface area is 112 Å². The third-order valence-electron chi connectivity index (χ3n) is 3.21. The molecule has 1 aliphatic heterocycles. The van der Waals surface area contributed by atoms with Crippen molar-refractivity contribution in [2.45, 2.75) is 18.9 Å². The first-order valence-electron chi connectivity index (χ1n) is 5.84. The molecule has 106 valence electrons. The summed E-state index contributed by atoms with van der Waals surface area (Å²) in [6.45, 7) is 0.239. The number of nitrogens with zero attached hydrogens (tertiary/aromatic N) is 3. The van der Waals surface area contributed by atoms with Crippen LogP contribution in [0.1, 0.15) is 12.8 Å². The Balaban J connectivity index is 2.61. The van der Waals surface area contributed by atoms with E-state index in [2.05, 4.69) is 0 Å². The van der Waals surface area contributed by atoms with Gasteiger partial charge in [-0.05, 0) is 18.9 Å². The Morgan fingerprint density at radius 2 is 1.80 bits per heavy atom. The summed E-state index contributed by atoms with van der Waals surface area (Å²) in [5, 5.41) is 31.2. The maximum Gasteiger partial charge on any atom is 0.326 e. The van der Waals surface area contributed by atoms with Crippen molar-refractivity contribution >= 4 is 23.0 Å². The van der Waals surface area contributed by atoms with E-state index in [4.69, 9.17) is 5.11 Å². The number of hydrogen-bond donors (Lipinski definition) is 1. The van der Waals surface area contributed by atoms with E-state index in [9.17, 15) is 25.0 Å². The summed E-state index contributed by atoms with van der Waals surface area (Å²) in [6, 6.07) is 2.51. The molecule has 2 rings (SSSR count). The smallest absolute Gasteiger partial charge is 0.326 e. The second-order valence-corrected chi connectivity index (χ2v) is 4.35. The van der Waals surface area contributed by atoms with Crippen LogP contribution in [0.5, 0.6) is 0 Å². The molecule has 1 fully saturated rings. The molecule has 1 aromatic carbocycles. The Hall–Kier alpha value is -2.71. The molecular formula is C11H11N3O6. The van der Waals surface area contributed by atoms with Crippen LogP contribution in [0.15, 0.2) is 18.2 Å². The van der Waals surface area contributed by atoms with Gasteiger partial charge in [0.15, 0.2) is 5.69 Å². The highest BCUT2D eigenvalue weighted by molar-refractivity contribution is 5.84. The molecule has 0 aromatic heterocycles. The summed E-state index contributed by atoms with van der Waals surface area (Å²) in [4.78, 5) is 33.0. The van der Waals surface area contributed by atoms with Gasteiger partial charge in [0.2, 0.25) is 0 Å². The fourth-order valence-corrected chi connectivity index (χ4v) is 2.40. The number of carboxylic acids is 1. The van der Waals surface area contributed by atoms with Crippen LogP contribution < -0.4 is 4.90 Å². The van der Waals surface area contributed by atoms with Gasteiger partial charge in [-0.1, -0.05) is 0 Å². The van der Waals surface area contributed by atoms with E-state index >= 15 is 0 Å². The van der Waals surface area contributed by atoms with Crippen LogP contribution in [-0.2, 0) is 4.79 Å². The summed E-state index contributed by atoms with van der Waals surface area (Å²) in [5.41, 5.74) is -1.13. The van der Waals surface area contributed by atoms with E-state index in [0.717, 1.165) is 12.1 Å². The highest BCUT2D eigenvalue weighted by Crippen LogP contribution is 2.40. The number of carbonyl (C=O) groups is 1. The zero-order valence-electron chi connectivity index (χ0n) is 10.3. The second kappa shape index (κ2) is 5.11. The highest BCUT2D eigenvalue weighted by Gasteiger charge is 2.38. The number of aliphatic carboxylic acids is 1. The van der Waals surface area contributed by atoms with Gasteiger partial charge in [-0.2, -0.15) is 0 Å². The average Bonchev–Trinajstić information content (AvgIpc) is 2.86. The van der Waals surface area contributed by atoms with Crippen molar-refractivity contribution in [1.29, 1.82) is 0 Å². The van der Waals surface area contributed by atoms with Crippen molar-refractivity contribution in [1.82, 2.24) is 0 Å². The highest BCUT2D eigenvalue weighted by atomic mass is 16.6. The lowest BCUT2D eigenvalue weighted by Gasteiger charge is -2.22. The molecule has 0 amide bonds. The van der Waals surface area contributed by atoms with Crippen molar-refractivity contribution in [3.63, 3.8) is 0 Å². The summed E-state index contributed by atoms with van der Waals surface area (Å²) in [6.07, 6.45) is 0.818. The predicted molar refractivity (Wildman–Crippen MR) is 67.8 cm³/mol. The minimum atomic E-state index is -1.14. The molecule has 20 heavy (non-hydrogen) atoms. The molecule has 1 atom stereocenters. The van der Waals surface area contributed by atoms with E-state index in [1.165, 1.54) is 11.0 Å². The lowest BCUT2D eigenvalue weighted by molar-refractivity contribution is -0.392. The van der Waals surface area contributed by atoms with Gasteiger partial charge in [-0.25, -0.2) is 4.79 Å². The molecule has 9 nitrogen and oxygen atoms in total. The van der Waals surface area contributed by atoms with E-state index in [1.54, 1.807) is 0 Å². The quantitative estimate of drug-likeness (QED) is 0.655.